The summed E-state index contributed by atoms with van der Waals surface area (Å²) in [4.78, 5) is 18.5. The predicted octanol–water partition coefficient (Wildman–Crippen LogP) is 4.75. The van der Waals surface area contributed by atoms with E-state index < -0.39 is 5.82 Å². The molecule has 1 fully saturated rings. The minimum absolute atomic E-state index is 0.191. The van der Waals surface area contributed by atoms with Gasteiger partial charge in [-0.25, -0.2) is 9.18 Å². The minimum atomic E-state index is -0.429. The van der Waals surface area contributed by atoms with E-state index in [0.717, 1.165) is 50.1 Å². The quantitative estimate of drug-likeness (QED) is 0.395. The van der Waals surface area contributed by atoms with Crippen LogP contribution in [0.5, 0.6) is 0 Å². The third-order valence-corrected chi connectivity index (χ3v) is 6.43. The normalized spacial score (nSPS) is 16.2. The second-order valence-corrected chi connectivity index (χ2v) is 9.14. The van der Waals surface area contributed by atoms with Crippen LogP contribution in [0.15, 0.2) is 73.2 Å². The van der Waals surface area contributed by atoms with Crippen LogP contribution in [0.4, 0.5) is 14.9 Å². The zero-order valence-electron chi connectivity index (χ0n) is 20.3. The van der Waals surface area contributed by atoms with Gasteiger partial charge in [0, 0.05) is 55.3 Å². The average molecular weight is 488 g/mol. The molecule has 1 aliphatic heterocycles. The minimum Gasteiger partial charge on any atom is -0.376 e. The topological polar surface area (TPSA) is 71.4 Å². The first kappa shape index (κ1) is 24.0. The average Bonchev–Trinajstić information content (AvgIpc) is 3.26. The van der Waals surface area contributed by atoms with E-state index in [1.165, 1.54) is 23.2 Å². The third kappa shape index (κ3) is 5.72. The Balaban J connectivity index is 1.25. The Hall–Kier alpha value is -3.75. The molecule has 2 aromatic heterocycles. The number of halogens is 1. The molecular weight excluding hydrogens is 457 g/mol. The van der Waals surface area contributed by atoms with Crippen molar-refractivity contribution in [3.8, 4) is 5.69 Å². The lowest BCUT2D eigenvalue weighted by atomic mass is 10.1. The van der Waals surface area contributed by atoms with Crippen LogP contribution < -0.4 is 10.6 Å². The first-order valence-electron chi connectivity index (χ1n) is 12.2. The molecule has 1 saturated heterocycles. The Kier molecular flexibility index (Phi) is 7.25. The highest BCUT2D eigenvalue weighted by Crippen LogP contribution is 2.26. The van der Waals surface area contributed by atoms with Crippen molar-refractivity contribution in [1.29, 1.82) is 0 Å². The van der Waals surface area contributed by atoms with Gasteiger partial charge in [0.25, 0.3) is 0 Å². The van der Waals surface area contributed by atoms with Gasteiger partial charge in [-0.3, -0.25) is 9.88 Å². The maximum absolute atomic E-state index is 13.3. The molecule has 2 amide bonds. The van der Waals surface area contributed by atoms with E-state index in [0.29, 0.717) is 11.3 Å². The molecule has 7 nitrogen and oxygen atoms in total. The van der Waals surface area contributed by atoms with Gasteiger partial charge in [0.2, 0.25) is 0 Å². The number of aromatic nitrogens is 2. The number of ether oxygens (including phenoxy) is 1. The molecule has 8 heteroatoms. The molecule has 2 aromatic carbocycles. The van der Waals surface area contributed by atoms with Gasteiger partial charge >= 0.3 is 6.03 Å². The van der Waals surface area contributed by atoms with E-state index in [1.54, 1.807) is 0 Å². The number of morpholine rings is 1. The number of pyridine rings is 1. The molecule has 4 aromatic rings. The van der Waals surface area contributed by atoms with E-state index >= 15 is 0 Å². The van der Waals surface area contributed by atoms with Gasteiger partial charge in [0.05, 0.1) is 24.4 Å². The van der Waals surface area contributed by atoms with Gasteiger partial charge in [-0.15, -0.1) is 0 Å². The number of rotatable bonds is 7. The number of hydrogen-bond donors (Lipinski definition) is 2. The number of para-hydroxylation sites is 1. The number of benzene rings is 2. The second-order valence-electron chi connectivity index (χ2n) is 9.14. The van der Waals surface area contributed by atoms with Gasteiger partial charge in [-0.05, 0) is 60.9 Å². The van der Waals surface area contributed by atoms with Crippen LogP contribution in [0.1, 0.15) is 18.1 Å². The third-order valence-electron chi connectivity index (χ3n) is 6.43. The van der Waals surface area contributed by atoms with Crippen molar-refractivity contribution in [3.05, 3.63) is 90.1 Å². The summed E-state index contributed by atoms with van der Waals surface area (Å²) in [5.41, 5.74) is 4.77. The van der Waals surface area contributed by atoms with Crippen LogP contribution in [-0.4, -0.2) is 52.8 Å². The molecule has 5 rings (SSSR count). The number of amides is 2. The van der Waals surface area contributed by atoms with Gasteiger partial charge in [-0.2, -0.15) is 0 Å². The molecule has 0 radical (unpaired) electrons. The van der Waals surface area contributed by atoms with Crippen LogP contribution in [0.2, 0.25) is 0 Å². The first-order valence-corrected chi connectivity index (χ1v) is 12.2. The number of hydrogen-bond acceptors (Lipinski definition) is 4. The highest BCUT2D eigenvalue weighted by molar-refractivity contribution is 5.89. The summed E-state index contributed by atoms with van der Waals surface area (Å²) in [7, 11) is 0. The summed E-state index contributed by atoms with van der Waals surface area (Å²) in [6.45, 7) is 6.07. The second kappa shape index (κ2) is 10.9. The van der Waals surface area contributed by atoms with Gasteiger partial charge in [-0.1, -0.05) is 18.2 Å². The number of anilines is 1. The van der Waals surface area contributed by atoms with E-state index in [1.807, 2.05) is 24.3 Å². The largest absolute Gasteiger partial charge is 0.376 e. The molecule has 186 valence electrons. The molecule has 0 saturated carbocycles. The summed E-state index contributed by atoms with van der Waals surface area (Å²) < 4.78 is 21.1. The smallest absolute Gasteiger partial charge is 0.319 e. The zero-order valence-corrected chi connectivity index (χ0v) is 20.3. The van der Waals surface area contributed by atoms with E-state index in [4.69, 9.17) is 4.74 Å². The fourth-order valence-electron chi connectivity index (χ4n) is 4.65. The van der Waals surface area contributed by atoms with E-state index in [9.17, 15) is 9.18 Å². The van der Waals surface area contributed by atoms with Crippen LogP contribution in [-0.2, 0) is 17.7 Å². The molecule has 1 atom stereocenters. The maximum atomic E-state index is 13.3. The molecule has 36 heavy (non-hydrogen) atoms. The number of carbonyl (C=O) groups excluding carboxylic acids is 1. The van der Waals surface area contributed by atoms with Crippen LogP contribution in [0.3, 0.4) is 0 Å². The SMILES string of the molecule is CC1CN(CCc2cn(-c3ccc(NC(=O)NCc4cncc(F)c4)cc3)c3ccccc23)CCO1. The Bertz CT molecular complexity index is 1340. The number of urea groups is 1. The summed E-state index contributed by atoms with van der Waals surface area (Å²) in [5.74, 6) is -0.429. The lowest BCUT2D eigenvalue weighted by Crippen LogP contribution is -2.41. The Morgan fingerprint density at radius 2 is 2.00 bits per heavy atom. The lowest BCUT2D eigenvalue weighted by Gasteiger charge is -2.30. The Morgan fingerprint density at radius 1 is 1.17 bits per heavy atom. The molecule has 0 aliphatic carbocycles. The van der Waals surface area contributed by atoms with Crippen molar-refractivity contribution in [2.75, 3.05) is 31.6 Å². The standard InChI is InChI=1S/C28H30FN5O2/c1-20-18-33(12-13-36-20)11-10-22-19-34(27-5-3-2-4-26(22)27)25-8-6-24(7-9-25)32-28(35)31-16-21-14-23(29)17-30-15-21/h2-9,14-15,17,19-20H,10-13,16,18H2,1H3,(H2,31,32,35). The number of carbonyl (C=O) groups is 1. The number of nitrogens with zero attached hydrogens (tertiary/aromatic N) is 3. The van der Waals surface area contributed by atoms with Gasteiger partial charge < -0.3 is 19.9 Å². The highest BCUT2D eigenvalue weighted by Gasteiger charge is 2.17. The first-order chi connectivity index (χ1) is 17.5. The predicted molar refractivity (Wildman–Crippen MR) is 139 cm³/mol. The molecule has 2 N–H and O–H groups in total. The summed E-state index contributed by atoms with van der Waals surface area (Å²) in [6, 6.07) is 17.2. The van der Waals surface area contributed by atoms with E-state index in [-0.39, 0.29) is 18.7 Å². The Morgan fingerprint density at radius 3 is 2.81 bits per heavy atom. The van der Waals surface area contributed by atoms with Crippen molar-refractivity contribution in [2.24, 2.45) is 0 Å². The van der Waals surface area contributed by atoms with Crippen LogP contribution in [0.25, 0.3) is 16.6 Å². The molecular formula is C28H30FN5O2. The molecule has 1 aliphatic rings. The molecule has 1 unspecified atom stereocenters. The van der Waals surface area contributed by atoms with Crippen LogP contribution in [0, 0.1) is 5.82 Å². The van der Waals surface area contributed by atoms with Crippen molar-refractivity contribution < 1.29 is 13.9 Å². The fraction of sp³-hybridized carbons (Fsp3) is 0.286. The van der Waals surface area contributed by atoms with E-state index in [2.05, 4.69) is 62.5 Å². The van der Waals surface area contributed by atoms with Gasteiger partial charge in [0.1, 0.15) is 5.82 Å². The fourth-order valence-corrected chi connectivity index (χ4v) is 4.65. The maximum Gasteiger partial charge on any atom is 0.319 e. The highest BCUT2D eigenvalue weighted by atomic mass is 19.1. The zero-order chi connectivity index (χ0) is 24.9. The van der Waals surface area contributed by atoms with Crippen molar-refractivity contribution in [1.82, 2.24) is 19.8 Å². The van der Waals surface area contributed by atoms with Crippen molar-refractivity contribution in [3.63, 3.8) is 0 Å². The summed E-state index contributed by atoms with van der Waals surface area (Å²) >= 11 is 0. The Labute approximate surface area is 209 Å². The van der Waals surface area contributed by atoms with Crippen LogP contribution >= 0.6 is 0 Å². The molecule has 0 spiro atoms. The summed E-state index contributed by atoms with van der Waals surface area (Å²) in [6.07, 6.45) is 6.13. The van der Waals surface area contributed by atoms with Crippen molar-refractivity contribution >= 4 is 22.6 Å². The van der Waals surface area contributed by atoms with Gasteiger partial charge in [0.15, 0.2) is 0 Å². The lowest BCUT2D eigenvalue weighted by molar-refractivity contribution is -0.0177. The molecule has 3 heterocycles. The number of fused-ring (bicyclic) bond motifs is 1. The summed E-state index contributed by atoms with van der Waals surface area (Å²) in [5, 5.41) is 6.79. The van der Waals surface area contributed by atoms with Crippen molar-refractivity contribution in [2.45, 2.75) is 26.0 Å². The molecule has 0 bridgehead atoms. The monoisotopic (exact) mass is 487 g/mol. The number of nitrogens with one attached hydrogen (secondary N) is 2.